The van der Waals surface area contributed by atoms with E-state index in [2.05, 4.69) is 0 Å². The Morgan fingerprint density at radius 2 is 0.234 bits per heavy atom. The van der Waals surface area contributed by atoms with Gasteiger partial charge in [-0.25, -0.2) is 0 Å². The number of aliphatic hydroxyl groups excluding tert-OH is 2. The Hall–Kier alpha value is 2.42. The molecule has 22 heteroatoms. The third-order valence-corrected chi connectivity index (χ3v) is 21.1. The third-order valence-electron chi connectivity index (χ3n) is 21.1. The van der Waals surface area contributed by atoms with Gasteiger partial charge in [0.15, 0.2) is 0 Å². The first-order valence-corrected chi connectivity index (χ1v) is 23.8. The molecule has 0 aromatic heterocycles. The van der Waals surface area contributed by atoms with E-state index in [9.17, 15) is 10.2 Å². The summed E-state index contributed by atoms with van der Waals surface area (Å²) in [6, 6.07) is 0. The number of rotatable bonds is 16. The number of quaternary nitrogens is 10. The van der Waals surface area contributed by atoms with Gasteiger partial charge in [-0.2, -0.15) is 0 Å². The Kier molecular flexibility index (Phi) is 25.8. The van der Waals surface area contributed by atoms with E-state index in [-0.39, 0.29) is 124 Å². The van der Waals surface area contributed by atoms with Crippen LogP contribution in [0, 0.1) is 0 Å². The van der Waals surface area contributed by atoms with Gasteiger partial charge < -0.3 is 179 Å². The maximum Gasteiger partial charge on any atom is 0.129 e. The highest BCUT2D eigenvalue weighted by atomic mass is 35.5. The molecule has 0 atom stereocenters. The lowest BCUT2D eigenvalue weighted by Gasteiger charge is -2.60. The van der Waals surface area contributed by atoms with E-state index in [0.717, 1.165) is 13.1 Å². The van der Waals surface area contributed by atoms with Crippen molar-refractivity contribution in [2.45, 2.75) is 0 Å². The second kappa shape index (κ2) is 24.9. The Bertz CT molecular complexity index is 1210. The summed E-state index contributed by atoms with van der Waals surface area (Å²) in [7, 11) is 0. The molecule has 10 bridgehead atoms. The molecule has 0 saturated carbocycles. The van der Waals surface area contributed by atoms with Crippen molar-refractivity contribution < 1.29 is 179 Å². The minimum Gasteiger partial charge on any atom is -1.00 e. The quantitative estimate of drug-likeness (QED) is 0.151. The highest BCUT2D eigenvalue weighted by Crippen LogP contribution is 2.34. The highest BCUT2D eigenvalue weighted by Gasteiger charge is 2.57. The second-order valence-electron chi connectivity index (χ2n) is 22.8. The van der Waals surface area contributed by atoms with Crippen molar-refractivity contribution in [3.63, 3.8) is 0 Å². The van der Waals surface area contributed by atoms with Crippen LogP contribution in [0.1, 0.15) is 0 Å². The lowest BCUT2D eigenvalue weighted by Crippen LogP contribution is -3.00. The molecule has 0 aromatic rings. The first kappa shape index (κ1) is 66.4. The molecule has 386 valence electrons. The van der Waals surface area contributed by atoms with Crippen LogP contribution in [0.2, 0.25) is 0 Å². The molecule has 15 saturated heterocycles. The molecule has 0 amide bonds. The van der Waals surface area contributed by atoms with Gasteiger partial charge in [-0.15, -0.1) is 0 Å². The molecule has 0 unspecified atom stereocenters. The summed E-state index contributed by atoms with van der Waals surface area (Å²) in [4.78, 5) is 0. The number of hydrogen-bond acceptors (Lipinski definition) is 2. The van der Waals surface area contributed by atoms with E-state index in [1.165, 1.54) is 294 Å². The molecular weight excluding hydrogens is 1030 g/mol. The van der Waals surface area contributed by atoms with Gasteiger partial charge in [0.1, 0.15) is 262 Å². The lowest BCUT2D eigenvalue weighted by atomic mass is 10.0. The van der Waals surface area contributed by atoms with E-state index in [4.69, 9.17) is 0 Å². The minimum absolute atomic E-state index is 0. The van der Waals surface area contributed by atoms with Crippen molar-refractivity contribution in [2.75, 3.05) is 275 Å². The summed E-state index contributed by atoms with van der Waals surface area (Å²) >= 11 is 0. The van der Waals surface area contributed by atoms with Crippen LogP contribution in [0.5, 0.6) is 0 Å². The Labute approximate surface area is 450 Å². The number of halogens is 10. The predicted octanol–water partition coefficient (Wildman–Crippen LogP) is -32.7. The van der Waals surface area contributed by atoms with Crippen molar-refractivity contribution in [3.05, 3.63) is 0 Å². The summed E-state index contributed by atoms with van der Waals surface area (Å²) in [6.07, 6.45) is 0. The fourth-order valence-corrected chi connectivity index (χ4v) is 15.2. The van der Waals surface area contributed by atoms with Gasteiger partial charge in [-0.3, -0.25) is 0 Å². The monoisotopic (exact) mass is 1110 g/mol. The predicted molar refractivity (Wildman–Crippen MR) is 211 cm³/mol. The van der Waals surface area contributed by atoms with Crippen molar-refractivity contribution >= 4 is 0 Å². The molecule has 15 fully saturated rings. The van der Waals surface area contributed by atoms with Crippen LogP contribution in [-0.4, -0.2) is 330 Å². The zero-order chi connectivity index (χ0) is 36.7. The minimum atomic E-state index is 0. The van der Waals surface area contributed by atoms with Crippen LogP contribution in [0.4, 0.5) is 0 Å². The molecule has 15 heterocycles. The maximum atomic E-state index is 9.63. The molecular formula is C42H86Cl10N10O2. The normalized spacial score (nSPS) is 43.6. The van der Waals surface area contributed by atoms with Gasteiger partial charge >= 0.3 is 0 Å². The topological polar surface area (TPSA) is 40.5 Å². The van der Waals surface area contributed by atoms with Crippen LogP contribution in [0.25, 0.3) is 0 Å². The molecule has 0 aliphatic carbocycles. The molecule has 15 rings (SSSR count). The van der Waals surface area contributed by atoms with Crippen LogP contribution >= 0.6 is 0 Å². The first-order valence-electron chi connectivity index (χ1n) is 23.8. The molecule has 64 heavy (non-hydrogen) atoms. The van der Waals surface area contributed by atoms with E-state index in [1.807, 2.05) is 0 Å². The number of fused-ring (bicyclic) bond motifs is 15. The number of aliphatic hydroxyl groups is 2. The second-order valence-corrected chi connectivity index (χ2v) is 22.8. The fraction of sp³-hybridized carbons (Fsp3) is 1.00. The number of hydrogen-bond donors (Lipinski definition) is 2. The first-order chi connectivity index (χ1) is 26.1. The largest absolute Gasteiger partial charge is 1.00 e. The summed E-state index contributed by atoms with van der Waals surface area (Å²) in [5.74, 6) is 0. The average molecular weight is 1120 g/mol. The molecule has 0 radical (unpaired) electrons. The summed E-state index contributed by atoms with van der Waals surface area (Å²) < 4.78 is 14.0. The van der Waals surface area contributed by atoms with E-state index in [1.54, 1.807) is 0 Å². The van der Waals surface area contributed by atoms with Crippen molar-refractivity contribution in [1.29, 1.82) is 0 Å². The van der Waals surface area contributed by atoms with Gasteiger partial charge in [0.25, 0.3) is 0 Å². The molecule has 0 aromatic carbocycles. The van der Waals surface area contributed by atoms with Crippen LogP contribution < -0.4 is 124 Å². The standard InChI is InChI=1S/C42H86N10O2.10ClH/c53-41-39-51-33-27-49(28-34-51,29-35-51)25-23-47-17-11-45(12-18-47,13-19-47)9-7-43-1-2-44(5-3-43,6-4-43)8-10-46-14-20-48(21-15-46,22-16-46)24-26-50-30-36-52(37-31-50,38-32-50)40-42-54;;;;;;;;;;/h53-54H,1-42H2;10*1H/q+10;;;;;;;;;;/p-10. The molecule has 15 aliphatic heterocycles. The van der Waals surface area contributed by atoms with Crippen LogP contribution in [0.15, 0.2) is 0 Å². The van der Waals surface area contributed by atoms with Gasteiger partial charge in [-0.1, -0.05) is 0 Å². The molecule has 0 spiro atoms. The van der Waals surface area contributed by atoms with Gasteiger partial charge in [0.05, 0.1) is 13.2 Å². The third kappa shape index (κ3) is 12.6. The van der Waals surface area contributed by atoms with Gasteiger partial charge in [-0.05, 0) is 0 Å². The van der Waals surface area contributed by atoms with Crippen molar-refractivity contribution in [3.8, 4) is 0 Å². The number of nitrogens with zero attached hydrogens (tertiary/aromatic N) is 10. The van der Waals surface area contributed by atoms with E-state index in [0.29, 0.717) is 13.2 Å². The van der Waals surface area contributed by atoms with Crippen molar-refractivity contribution in [2.24, 2.45) is 0 Å². The Balaban J connectivity index is 0.00000397. The summed E-state index contributed by atoms with van der Waals surface area (Å²) in [5, 5.41) is 19.3. The average Bonchev–Trinajstić information content (AvgIpc) is 3.25. The SMILES string of the molecule is OCC[N+]12CC[N+](CC[N+]34CC[N+](CC[N+]56CC[N+](CC[N+]78CC[N+](CC[N+]9%10CC[N+](CCO)(CC9)CC%10)(CC7)CC8)(CC5)CC6)(CC3)CC4)(CC1)CC2.[Cl-].[Cl-].[Cl-].[Cl-].[Cl-].[Cl-].[Cl-].[Cl-].[Cl-].[Cl-]. The van der Waals surface area contributed by atoms with Crippen LogP contribution in [-0.2, 0) is 0 Å². The highest BCUT2D eigenvalue weighted by molar-refractivity contribution is 4.70. The summed E-state index contributed by atoms with van der Waals surface area (Å²) in [5.41, 5.74) is 0. The fourth-order valence-electron chi connectivity index (χ4n) is 15.2. The van der Waals surface area contributed by atoms with Gasteiger partial charge in [0, 0.05) is 0 Å². The Morgan fingerprint density at radius 1 is 0.156 bits per heavy atom. The van der Waals surface area contributed by atoms with Crippen molar-refractivity contribution in [1.82, 2.24) is 0 Å². The van der Waals surface area contributed by atoms with E-state index < -0.39 is 0 Å². The summed E-state index contributed by atoms with van der Waals surface area (Å²) in [6.45, 7) is 56.7. The van der Waals surface area contributed by atoms with E-state index >= 15 is 0 Å². The number of piperazine rings is 15. The lowest BCUT2D eigenvalue weighted by molar-refractivity contribution is -1.12. The maximum absolute atomic E-state index is 9.63. The molecule has 2 N–H and O–H groups in total. The van der Waals surface area contributed by atoms with Crippen LogP contribution in [0.3, 0.4) is 0 Å². The molecule has 15 aliphatic rings. The smallest absolute Gasteiger partial charge is 0.129 e. The Morgan fingerprint density at radius 3 is 0.312 bits per heavy atom. The zero-order valence-electron chi connectivity index (χ0n) is 38.8. The zero-order valence-corrected chi connectivity index (χ0v) is 46.4. The van der Waals surface area contributed by atoms with Gasteiger partial charge in [0.2, 0.25) is 0 Å². The molecule has 12 nitrogen and oxygen atoms in total.